The molecule has 0 aromatic heterocycles. The molecule has 2 spiro atoms. The van der Waals surface area contributed by atoms with Crippen LogP contribution in [0.25, 0.3) is 0 Å². The Hall–Kier alpha value is -6.36. The molecular formula is C54H46Cl2F2N2O6. The number of halogens is 4. The van der Waals surface area contributed by atoms with Crippen LogP contribution in [0.3, 0.4) is 0 Å². The maximum absolute atomic E-state index is 14.5. The number of carbonyl (C=O) groups is 4. The first-order chi connectivity index (χ1) is 31.4. The summed E-state index contributed by atoms with van der Waals surface area (Å²) in [7, 11) is 0. The second-order valence-corrected chi connectivity index (χ2v) is 19.4. The van der Waals surface area contributed by atoms with Crippen molar-refractivity contribution in [3.05, 3.63) is 200 Å². The quantitative estimate of drug-likeness (QED) is 0.141. The first-order valence-electron chi connectivity index (χ1n) is 21.8. The maximum Gasteiger partial charge on any atom is 0.335 e. The summed E-state index contributed by atoms with van der Waals surface area (Å²) in [4.78, 5) is 54.4. The minimum Gasteiger partial charge on any atom is -0.478 e. The van der Waals surface area contributed by atoms with Gasteiger partial charge in [0.25, 0.3) is 0 Å². The highest BCUT2D eigenvalue weighted by Gasteiger charge is 2.79. The monoisotopic (exact) mass is 926 g/mol. The molecule has 4 aliphatic rings. The van der Waals surface area contributed by atoms with Crippen LogP contribution in [0.1, 0.15) is 94.6 Å². The number of anilines is 2. The number of carbonyl (C=O) groups excluding carboxylic acids is 2. The van der Waals surface area contributed by atoms with E-state index in [1.165, 1.54) is 36.4 Å². The van der Waals surface area contributed by atoms with E-state index < -0.39 is 33.6 Å². The molecule has 2 fully saturated rings. The highest BCUT2D eigenvalue weighted by Crippen LogP contribution is 2.74. The Balaban J connectivity index is 0.000000166. The number of benzene rings is 6. The average Bonchev–Trinajstić information content (AvgIpc) is 4.17. The Bertz CT molecular complexity index is 2780. The molecule has 10 rings (SSSR count). The SMILES string of the molecule is CC(C)[C@@]1(c2ccc(Cl)cc2)C[C@@]12C(=O)N(Cc1cccc(C(=O)O)c1)c1ccc(F)cc12.CC(C)[C@]1(c2ccc(Cl)cc2)C[C@]12C(=O)N(Cc1cccc(C(=O)O)c1)c1ccc(F)cc12. The van der Waals surface area contributed by atoms with Gasteiger partial charge in [0.05, 0.1) is 35.0 Å². The van der Waals surface area contributed by atoms with E-state index in [0.29, 0.717) is 56.5 Å². The third kappa shape index (κ3) is 6.74. The smallest absolute Gasteiger partial charge is 0.335 e. The van der Waals surface area contributed by atoms with Crippen LogP contribution in [0, 0.1) is 23.5 Å². The van der Waals surface area contributed by atoms with Gasteiger partial charge in [0.15, 0.2) is 0 Å². The number of hydrogen-bond donors (Lipinski definition) is 2. The number of nitrogens with zero attached hydrogens (tertiary/aromatic N) is 2. The van der Waals surface area contributed by atoms with Gasteiger partial charge in [-0.3, -0.25) is 9.59 Å². The topological polar surface area (TPSA) is 115 Å². The van der Waals surface area contributed by atoms with Crippen molar-refractivity contribution in [3.63, 3.8) is 0 Å². The summed E-state index contributed by atoms with van der Waals surface area (Å²) < 4.78 is 28.9. The first kappa shape index (κ1) is 44.8. The molecule has 12 heteroatoms. The van der Waals surface area contributed by atoms with Crippen molar-refractivity contribution in [3.8, 4) is 0 Å². The Labute approximate surface area is 391 Å². The number of hydrogen-bond acceptors (Lipinski definition) is 4. The van der Waals surface area contributed by atoms with Crippen molar-refractivity contribution in [2.75, 3.05) is 9.80 Å². The molecule has 2 aliphatic heterocycles. The zero-order valence-electron chi connectivity index (χ0n) is 36.6. The van der Waals surface area contributed by atoms with Crippen molar-refractivity contribution >= 4 is 58.3 Å². The summed E-state index contributed by atoms with van der Waals surface area (Å²) in [6.07, 6.45) is 1.17. The fraction of sp³-hybridized carbons (Fsp3) is 0.259. The summed E-state index contributed by atoms with van der Waals surface area (Å²) in [6, 6.07) is 37.3. The molecule has 0 radical (unpaired) electrons. The van der Waals surface area contributed by atoms with Crippen molar-refractivity contribution in [1.29, 1.82) is 0 Å². The van der Waals surface area contributed by atoms with Gasteiger partial charge in [0.2, 0.25) is 11.8 Å². The Kier molecular flexibility index (Phi) is 11.0. The van der Waals surface area contributed by atoms with Crippen molar-refractivity contribution in [2.45, 2.75) is 75.3 Å². The van der Waals surface area contributed by atoms with Gasteiger partial charge in [0.1, 0.15) is 11.6 Å². The summed E-state index contributed by atoms with van der Waals surface area (Å²) in [5.41, 5.74) is 3.84. The van der Waals surface area contributed by atoms with Gasteiger partial charge in [-0.15, -0.1) is 0 Å². The molecule has 0 bridgehead atoms. The minimum absolute atomic E-state index is 0.0764. The summed E-state index contributed by atoms with van der Waals surface area (Å²) >= 11 is 12.3. The lowest BCUT2D eigenvalue weighted by atomic mass is 9.75. The molecule has 2 heterocycles. The van der Waals surface area contributed by atoms with Crippen LogP contribution < -0.4 is 9.80 Å². The predicted molar refractivity (Wildman–Crippen MR) is 251 cm³/mol. The first-order valence-corrected chi connectivity index (χ1v) is 22.6. The van der Waals surface area contributed by atoms with E-state index in [9.17, 15) is 38.2 Å². The third-order valence-corrected chi connectivity index (χ3v) is 15.2. The summed E-state index contributed by atoms with van der Waals surface area (Å²) in [5.74, 6) is -2.71. The maximum atomic E-state index is 14.5. The van der Waals surface area contributed by atoms with Gasteiger partial charge in [-0.25, -0.2) is 18.4 Å². The molecule has 0 unspecified atom stereocenters. The van der Waals surface area contributed by atoms with Gasteiger partial charge < -0.3 is 20.0 Å². The molecule has 6 aromatic rings. The van der Waals surface area contributed by atoms with Crippen LogP contribution in [0.4, 0.5) is 20.2 Å². The van der Waals surface area contributed by atoms with Crippen molar-refractivity contribution in [1.82, 2.24) is 0 Å². The molecule has 336 valence electrons. The molecule has 2 N–H and O–H groups in total. The Morgan fingerprint density at radius 1 is 0.561 bits per heavy atom. The number of amides is 2. The fourth-order valence-corrected chi connectivity index (χ4v) is 11.8. The van der Waals surface area contributed by atoms with Crippen LogP contribution in [-0.4, -0.2) is 34.0 Å². The van der Waals surface area contributed by atoms with Crippen LogP contribution in [-0.2, 0) is 44.3 Å². The van der Waals surface area contributed by atoms with E-state index in [0.717, 1.165) is 11.1 Å². The van der Waals surface area contributed by atoms with E-state index in [1.54, 1.807) is 58.3 Å². The lowest BCUT2D eigenvalue weighted by Gasteiger charge is -2.27. The molecule has 2 amide bonds. The number of aromatic carboxylic acids is 2. The largest absolute Gasteiger partial charge is 0.478 e. The number of carboxylic acids is 2. The van der Waals surface area contributed by atoms with E-state index in [4.69, 9.17) is 23.2 Å². The van der Waals surface area contributed by atoms with E-state index in [2.05, 4.69) is 27.7 Å². The van der Waals surface area contributed by atoms with E-state index in [1.807, 2.05) is 48.5 Å². The molecule has 8 nitrogen and oxygen atoms in total. The average molecular weight is 928 g/mol. The molecule has 4 atom stereocenters. The lowest BCUT2D eigenvalue weighted by molar-refractivity contribution is -0.121. The van der Waals surface area contributed by atoms with Gasteiger partial charge in [-0.05, 0) is 143 Å². The molecule has 2 aliphatic carbocycles. The zero-order chi connectivity index (χ0) is 47.1. The Morgan fingerprint density at radius 3 is 1.26 bits per heavy atom. The third-order valence-electron chi connectivity index (χ3n) is 14.7. The van der Waals surface area contributed by atoms with Crippen molar-refractivity contribution < 1.29 is 38.2 Å². The molecule has 2 saturated carbocycles. The molecule has 66 heavy (non-hydrogen) atoms. The molecule has 6 aromatic carbocycles. The second-order valence-electron chi connectivity index (χ2n) is 18.5. The number of rotatable bonds is 10. The summed E-state index contributed by atoms with van der Waals surface area (Å²) in [6.45, 7) is 8.80. The predicted octanol–water partition coefficient (Wildman–Crippen LogP) is 11.9. The van der Waals surface area contributed by atoms with E-state index >= 15 is 0 Å². The number of fused-ring (bicyclic) bond motifs is 4. The van der Waals surface area contributed by atoms with E-state index in [-0.39, 0.29) is 59.5 Å². The Morgan fingerprint density at radius 2 is 0.924 bits per heavy atom. The van der Waals surface area contributed by atoms with Crippen LogP contribution in [0.5, 0.6) is 0 Å². The highest BCUT2D eigenvalue weighted by atomic mass is 35.5. The lowest BCUT2D eigenvalue weighted by Crippen LogP contribution is -2.38. The molecule has 0 saturated heterocycles. The van der Waals surface area contributed by atoms with Crippen molar-refractivity contribution in [2.24, 2.45) is 11.8 Å². The fourth-order valence-electron chi connectivity index (χ4n) is 11.6. The number of carboxylic acid groups (broad SMARTS) is 2. The van der Waals surface area contributed by atoms with Crippen LogP contribution in [0.2, 0.25) is 10.0 Å². The van der Waals surface area contributed by atoms with Gasteiger partial charge in [-0.1, -0.05) is 99.4 Å². The van der Waals surface area contributed by atoms with Crippen LogP contribution in [0.15, 0.2) is 133 Å². The van der Waals surface area contributed by atoms with Gasteiger partial charge >= 0.3 is 11.9 Å². The second kappa shape index (κ2) is 16.2. The van der Waals surface area contributed by atoms with Crippen LogP contribution >= 0.6 is 23.2 Å². The zero-order valence-corrected chi connectivity index (χ0v) is 38.1. The minimum atomic E-state index is -1.02. The highest BCUT2D eigenvalue weighted by molar-refractivity contribution is 6.31. The normalized spacial score (nSPS) is 23.3. The molecular weight excluding hydrogens is 882 g/mol. The van der Waals surface area contributed by atoms with Gasteiger partial charge in [0, 0.05) is 32.3 Å². The summed E-state index contributed by atoms with van der Waals surface area (Å²) in [5, 5.41) is 19.9. The van der Waals surface area contributed by atoms with Gasteiger partial charge in [-0.2, -0.15) is 0 Å². The standard InChI is InChI=1S/2C27H23ClFNO3/c2*1-16(2)26(19-6-8-20(28)9-7-19)15-27(26)22-13-21(29)10-11-23(22)30(25(27)33)14-17-4-3-5-18(12-17)24(31)32/h2*3-13,16H,14-15H2,1-2H3,(H,31,32)/t2*26-,27-/m10/s1.